The van der Waals surface area contributed by atoms with Gasteiger partial charge in [0.2, 0.25) is 0 Å². The molecule has 2 heterocycles. The first kappa shape index (κ1) is 25.0. The summed E-state index contributed by atoms with van der Waals surface area (Å²) in [6.07, 6.45) is 7.77. The number of hydrogen-bond acceptors (Lipinski definition) is 5. The first-order valence-corrected chi connectivity index (χ1v) is 13.9. The fraction of sp³-hybridized carbons (Fsp3) is 0.391. The van der Waals surface area contributed by atoms with Crippen LogP contribution in [-0.4, -0.2) is 46.0 Å². The summed E-state index contributed by atoms with van der Waals surface area (Å²) in [5.41, 5.74) is 3.34. The average Bonchev–Trinajstić information content (AvgIpc) is 2.95. The van der Waals surface area contributed by atoms with Gasteiger partial charge in [0.25, 0.3) is 0 Å². The monoisotopic (exact) mass is 663 g/mol. The Bertz CT molecular complexity index is 963. The Kier molecular flexibility index (Phi) is 9.82. The molecule has 0 spiro atoms. The number of nitrogens with zero attached hydrogens (tertiary/aromatic N) is 4. The molecule has 172 valence electrons. The van der Waals surface area contributed by atoms with Crippen LogP contribution in [0.15, 0.2) is 59.3 Å². The van der Waals surface area contributed by atoms with Gasteiger partial charge in [-0.15, -0.1) is 0 Å². The summed E-state index contributed by atoms with van der Waals surface area (Å²) in [4.78, 5) is 20.0. The number of likely N-dealkylation sites (tertiary alicyclic amines) is 1. The number of rotatable bonds is 7. The molecule has 1 saturated heterocycles. The molecule has 0 atom stereocenters. The number of benzene rings is 1. The molecular weight excluding hydrogens is 637 g/mol. The Hall–Kier alpha value is -1.63. The first-order chi connectivity index (χ1) is 15.5. The van der Waals surface area contributed by atoms with Gasteiger partial charge in [-0.2, -0.15) is 0 Å². The Morgan fingerprint density at radius 1 is 1.28 bits per heavy atom. The van der Waals surface area contributed by atoms with Gasteiger partial charge in [-0.1, -0.05) is 0 Å². The molecule has 3 rings (SSSR count). The second-order valence-corrected chi connectivity index (χ2v) is 10.3. The predicted octanol–water partition coefficient (Wildman–Crippen LogP) is 1.90. The van der Waals surface area contributed by atoms with Gasteiger partial charge in [-0.05, 0) is 0 Å². The van der Waals surface area contributed by atoms with Crippen molar-refractivity contribution in [3.8, 4) is 0 Å². The van der Waals surface area contributed by atoms with E-state index in [-0.39, 0.29) is 18.1 Å². The number of carbonyl (C=O) groups excluding carboxylic acids is 1. The van der Waals surface area contributed by atoms with Crippen LogP contribution in [-0.2, 0) is 9.63 Å². The van der Waals surface area contributed by atoms with Crippen molar-refractivity contribution < 1.29 is 35.5 Å². The zero-order chi connectivity index (χ0) is 22.9. The SMILES string of the molecule is CC1=CC=C(C)C(CC(=O)N2CCC(C[I-]/N=C(\C=N/I)c3ccc(F)cc3)CC2)=NO1. The zero-order valence-electron chi connectivity index (χ0n) is 18.1. The molecule has 2 aliphatic rings. The number of hydrogen-bond donors (Lipinski definition) is 0. The van der Waals surface area contributed by atoms with Crippen molar-refractivity contribution in [3.63, 3.8) is 0 Å². The minimum absolute atomic E-state index is 0.0997. The van der Waals surface area contributed by atoms with Crippen LogP contribution in [0.2, 0.25) is 0 Å². The number of allylic oxidation sites excluding steroid dienone is 4. The molecule has 0 unspecified atom stereocenters. The molecule has 0 aromatic heterocycles. The van der Waals surface area contributed by atoms with Gasteiger partial charge in [0.1, 0.15) is 0 Å². The van der Waals surface area contributed by atoms with Crippen molar-refractivity contribution in [1.82, 2.24) is 4.90 Å². The van der Waals surface area contributed by atoms with Crippen LogP contribution >= 0.6 is 22.9 Å². The van der Waals surface area contributed by atoms with Crippen LogP contribution in [0.5, 0.6) is 0 Å². The van der Waals surface area contributed by atoms with Crippen molar-refractivity contribution in [2.75, 3.05) is 17.5 Å². The van der Waals surface area contributed by atoms with Crippen LogP contribution in [0.4, 0.5) is 4.39 Å². The summed E-state index contributed by atoms with van der Waals surface area (Å²) in [6.45, 7) is 5.33. The van der Waals surface area contributed by atoms with E-state index in [1.165, 1.54) is 12.1 Å². The quantitative estimate of drug-likeness (QED) is 0.255. The van der Waals surface area contributed by atoms with E-state index < -0.39 is 21.5 Å². The summed E-state index contributed by atoms with van der Waals surface area (Å²) in [6, 6.07) is 6.35. The van der Waals surface area contributed by atoms with Crippen LogP contribution in [0.1, 0.15) is 38.7 Å². The van der Waals surface area contributed by atoms with E-state index in [0.717, 1.165) is 47.2 Å². The summed E-state index contributed by atoms with van der Waals surface area (Å²) in [5, 5.41) is 4.13. The zero-order valence-corrected chi connectivity index (χ0v) is 22.4. The second-order valence-electron chi connectivity index (χ2n) is 7.73. The first-order valence-electron chi connectivity index (χ1n) is 10.4. The van der Waals surface area contributed by atoms with E-state index in [9.17, 15) is 9.18 Å². The maximum atomic E-state index is 13.2. The molecular formula is C23H26FI2N4O2-. The fourth-order valence-electron chi connectivity index (χ4n) is 3.34. The number of halogens is 3. The van der Waals surface area contributed by atoms with Gasteiger partial charge < -0.3 is 0 Å². The Labute approximate surface area is 212 Å². The predicted molar refractivity (Wildman–Crippen MR) is 130 cm³/mol. The van der Waals surface area contributed by atoms with E-state index >= 15 is 0 Å². The number of piperidine rings is 1. The Morgan fingerprint density at radius 2 is 2.00 bits per heavy atom. The van der Waals surface area contributed by atoms with Gasteiger partial charge in [-0.3, -0.25) is 0 Å². The van der Waals surface area contributed by atoms with E-state index in [0.29, 0.717) is 17.4 Å². The summed E-state index contributed by atoms with van der Waals surface area (Å²) < 4.78 is 23.1. The molecule has 0 aliphatic carbocycles. The van der Waals surface area contributed by atoms with Gasteiger partial charge in [-0.25, -0.2) is 0 Å². The van der Waals surface area contributed by atoms with E-state index in [1.807, 2.05) is 53.8 Å². The minimum atomic E-state index is -0.398. The van der Waals surface area contributed by atoms with Gasteiger partial charge in [0, 0.05) is 0 Å². The molecule has 6 nitrogen and oxygen atoms in total. The Balaban J connectivity index is 1.47. The third-order valence-corrected chi connectivity index (χ3v) is 8.14. The number of alkyl halides is 1. The summed E-state index contributed by atoms with van der Waals surface area (Å²) in [5.74, 6) is 1.13. The van der Waals surface area contributed by atoms with Crippen LogP contribution in [0.3, 0.4) is 0 Å². The van der Waals surface area contributed by atoms with Crippen molar-refractivity contribution in [2.24, 2.45) is 17.5 Å². The van der Waals surface area contributed by atoms with E-state index in [2.05, 4.69) is 8.36 Å². The number of amides is 1. The summed E-state index contributed by atoms with van der Waals surface area (Å²) in [7, 11) is 0. The number of carbonyl (C=O) groups is 1. The fourth-order valence-corrected chi connectivity index (χ4v) is 6.01. The van der Waals surface area contributed by atoms with Crippen LogP contribution in [0, 0.1) is 11.7 Å². The van der Waals surface area contributed by atoms with E-state index in [4.69, 9.17) is 8.04 Å². The number of oxime groups is 1. The molecule has 1 aromatic carbocycles. The van der Waals surface area contributed by atoms with Crippen LogP contribution in [0.25, 0.3) is 0 Å². The molecule has 2 aliphatic heterocycles. The van der Waals surface area contributed by atoms with Gasteiger partial charge in [0.15, 0.2) is 0 Å². The van der Waals surface area contributed by atoms with Crippen molar-refractivity contribution in [3.05, 3.63) is 59.1 Å². The molecule has 1 fully saturated rings. The molecule has 0 N–H and O–H groups in total. The third kappa shape index (κ3) is 7.46. The molecule has 9 heteroatoms. The summed E-state index contributed by atoms with van der Waals surface area (Å²) >= 11 is 1.53. The molecule has 0 bridgehead atoms. The van der Waals surface area contributed by atoms with Crippen LogP contribution < -0.4 is 21.5 Å². The van der Waals surface area contributed by atoms with Crippen molar-refractivity contribution >= 4 is 46.4 Å². The van der Waals surface area contributed by atoms with Gasteiger partial charge in [0.05, 0.1) is 0 Å². The Morgan fingerprint density at radius 3 is 2.69 bits per heavy atom. The molecule has 1 aromatic rings. The van der Waals surface area contributed by atoms with E-state index in [1.54, 1.807) is 18.3 Å². The average molecular weight is 663 g/mol. The molecule has 1 amide bonds. The third-order valence-electron chi connectivity index (χ3n) is 5.36. The second kappa shape index (κ2) is 12.6. The topological polar surface area (TPSA) is 66.6 Å². The normalized spacial score (nSPS) is 18.2. The molecule has 0 radical (unpaired) electrons. The van der Waals surface area contributed by atoms with Gasteiger partial charge >= 0.3 is 214 Å². The molecule has 0 saturated carbocycles. The van der Waals surface area contributed by atoms with Crippen molar-refractivity contribution in [1.29, 1.82) is 0 Å². The maximum absolute atomic E-state index is 13.2. The standard InChI is InChI=1S/C23H26FI2N4O2/c1-16-3-4-17(2)32-29-21(16)13-23(31)30-11-9-18(10-12-30)14-26-28-22(15-27-25)19-5-7-20(24)8-6-19/h3-8,15,18H,9-14H2,1-2H3/q-1/b27-15-,28-22+. The van der Waals surface area contributed by atoms with Crippen molar-refractivity contribution in [2.45, 2.75) is 33.1 Å². The molecule has 32 heavy (non-hydrogen) atoms.